The van der Waals surface area contributed by atoms with Crippen LogP contribution in [0.2, 0.25) is 0 Å². The van der Waals surface area contributed by atoms with Crippen LogP contribution >= 0.6 is 0 Å². The van der Waals surface area contributed by atoms with Gasteiger partial charge < -0.3 is 11.1 Å². The summed E-state index contributed by atoms with van der Waals surface area (Å²) in [5.41, 5.74) is 5.90. The van der Waals surface area contributed by atoms with Gasteiger partial charge in [0.15, 0.2) is 0 Å². The molecule has 1 fully saturated rings. The lowest BCUT2D eigenvalue weighted by Crippen LogP contribution is -2.34. The summed E-state index contributed by atoms with van der Waals surface area (Å²) in [5.74, 6) is 0.252. The van der Waals surface area contributed by atoms with E-state index in [2.05, 4.69) is 15.5 Å². The summed E-state index contributed by atoms with van der Waals surface area (Å²) in [7, 11) is 0. The van der Waals surface area contributed by atoms with E-state index in [9.17, 15) is 4.79 Å². The smallest absolute Gasteiger partial charge is 0.269 e. The number of nitrogens with one attached hydrogen (secondary N) is 2. The highest BCUT2D eigenvalue weighted by atomic mass is 16.2. The fourth-order valence-electron chi connectivity index (χ4n) is 2.14. The van der Waals surface area contributed by atoms with Gasteiger partial charge in [-0.25, -0.2) is 0 Å². The molecule has 0 radical (unpaired) electrons. The van der Waals surface area contributed by atoms with E-state index >= 15 is 0 Å². The Labute approximate surface area is 94.8 Å². The third-order valence-electron chi connectivity index (χ3n) is 3.03. The van der Waals surface area contributed by atoms with Gasteiger partial charge in [0, 0.05) is 12.1 Å². The third-order valence-corrected chi connectivity index (χ3v) is 3.03. The fraction of sp³-hybridized carbons (Fsp3) is 0.636. The number of aromatic amines is 1. The number of rotatable bonds is 2. The molecule has 1 aromatic rings. The molecule has 2 rings (SSSR count). The maximum atomic E-state index is 11.8. The van der Waals surface area contributed by atoms with Crippen LogP contribution in [0.5, 0.6) is 0 Å². The minimum atomic E-state index is -0.101. The monoisotopic (exact) mass is 222 g/mol. The highest BCUT2D eigenvalue weighted by Gasteiger charge is 2.16. The molecule has 1 amide bonds. The summed E-state index contributed by atoms with van der Waals surface area (Å²) in [6.45, 7) is 0. The topological polar surface area (TPSA) is 83.8 Å². The number of hydrogen-bond donors (Lipinski definition) is 3. The molecule has 4 N–H and O–H groups in total. The Morgan fingerprint density at radius 2 is 2.06 bits per heavy atom. The molecule has 0 saturated heterocycles. The van der Waals surface area contributed by atoms with E-state index in [-0.39, 0.29) is 5.91 Å². The predicted molar refractivity (Wildman–Crippen MR) is 62.0 cm³/mol. The number of nitrogens with zero attached hydrogens (tertiary/aromatic N) is 1. The molecule has 1 aromatic heterocycles. The van der Waals surface area contributed by atoms with Crippen LogP contribution in [0.25, 0.3) is 0 Å². The molecule has 0 atom stereocenters. The minimum Gasteiger partial charge on any atom is -0.382 e. The number of aromatic nitrogens is 2. The van der Waals surface area contributed by atoms with Crippen molar-refractivity contribution in [1.29, 1.82) is 0 Å². The normalized spacial score (nSPS) is 18.0. The molecular weight excluding hydrogens is 204 g/mol. The Morgan fingerprint density at radius 1 is 1.38 bits per heavy atom. The van der Waals surface area contributed by atoms with Crippen LogP contribution in [0.15, 0.2) is 6.07 Å². The highest BCUT2D eigenvalue weighted by Crippen LogP contribution is 2.17. The van der Waals surface area contributed by atoms with Crippen molar-refractivity contribution in [2.75, 3.05) is 5.73 Å². The maximum absolute atomic E-state index is 11.8. The second-order valence-electron chi connectivity index (χ2n) is 4.37. The largest absolute Gasteiger partial charge is 0.382 e. The number of hydrogen-bond acceptors (Lipinski definition) is 3. The van der Waals surface area contributed by atoms with Crippen molar-refractivity contribution in [2.24, 2.45) is 0 Å². The molecule has 0 aliphatic heterocycles. The Bertz CT molecular complexity index is 353. The lowest BCUT2D eigenvalue weighted by atomic mass is 10.1. The average Bonchev–Trinajstić information content (AvgIpc) is 2.54. The predicted octanol–water partition coefficient (Wildman–Crippen LogP) is 1.44. The van der Waals surface area contributed by atoms with E-state index in [1.165, 1.54) is 25.7 Å². The molecule has 88 valence electrons. The van der Waals surface area contributed by atoms with Gasteiger partial charge in [-0.3, -0.25) is 9.89 Å². The number of H-pyrrole nitrogens is 1. The summed E-state index contributed by atoms with van der Waals surface area (Å²) in [6.07, 6.45) is 7.13. The minimum absolute atomic E-state index is 0.101. The summed E-state index contributed by atoms with van der Waals surface area (Å²) in [4.78, 5) is 11.8. The first-order valence-corrected chi connectivity index (χ1v) is 5.87. The van der Waals surface area contributed by atoms with E-state index in [1.54, 1.807) is 6.07 Å². The summed E-state index contributed by atoms with van der Waals surface area (Å²) >= 11 is 0. The molecular formula is C11H18N4O. The molecule has 1 aliphatic rings. The van der Waals surface area contributed by atoms with Crippen LogP contribution in [0.1, 0.15) is 49.0 Å². The van der Waals surface area contributed by atoms with Gasteiger partial charge in [-0.05, 0) is 12.8 Å². The Hall–Kier alpha value is -1.52. The molecule has 0 aromatic carbocycles. The molecule has 16 heavy (non-hydrogen) atoms. The molecule has 5 nitrogen and oxygen atoms in total. The fourth-order valence-corrected chi connectivity index (χ4v) is 2.14. The number of carbonyl (C=O) groups excluding carboxylic acids is 1. The van der Waals surface area contributed by atoms with Crippen molar-refractivity contribution >= 4 is 11.7 Å². The second-order valence-corrected chi connectivity index (χ2v) is 4.37. The summed E-state index contributed by atoms with van der Waals surface area (Å²) in [6, 6.07) is 1.87. The number of nitrogen functional groups attached to an aromatic ring is 1. The summed E-state index contributed by atoms with van der Waals surface area (Å²) < 4.78 is 0. The summed E-state index contributed by atoms with van der Waals surface area (Å²) in [5, 5.41) is 9.39. The first-order chi connectivity index (χ1) is 7.75. The first-order valence-electron chi connectivity index (χ1n) is 5.87. The van der Waals surface area contributed by atoms with Gasteiger partial charge in [0.25, 0.3) is 5.91 Å². The SMILES string of the molecule is Nc1cc(C(=O)NC2CCCCCC2)[nH]n1. The average molecular weight is 222 g/mol. The second kappa shape index (κ2) is 5.01. The van der Waals surface area contributed by atoms with Gasteiger partial charge in [0.2, 0.25) is 0 Å². The van der Waals surface area contributed by atoms with Gasteiger partial charge in [-0.1, -0.05) is 25.7 Å². The van der Waals surface area contributed by atoms with E-state index in [0.29, 0.717) is 17.6 Å². The highest BCUT2D eigenvalue weighted by molar-refractivity contribution is 5.93. The van der Waals surface area contributed by atoms with Crippen LogP contribution in [-0.2, 0) is 0 Å². The van der Waals surface area contributed by atoms with Crippen molar-refractivity contribution < 1.29 is 4.79 Å². The van der Waals surface area contributed by atoms with Crippen molar-refractivity contribution in [3.63, 3.8) is 0 Å². The van der Waals surface area contributed by atoms with E-state index in [0.717, 1.165) is 12.8 Å². The van der Waals surface area contributed by atoms with Crippen LogP contribution < -0.4 is 11.1 Å². The quantitative estimate of drug-likeness (QED) is 0.662. The standard InChI is InChI=1S/C11H18N4O/c12-10-7-9(14-15-10)11(16)13-8-5-3-1-2-4-6-8/h7-8H,1-6H2,(H,13,16)(H3,12,14,15). The van der Waals surface area contributed by atoms with Crippen molar-refractivity contribution in [3.05, 3.63) is 11.8 Å². The maximum Gasteiger partial charge on any atom is 0.269 e. The molecule has 1 saturated carbocycles. The van der Waals surface area contributed by atoms with Crippen molar-refractivity contribution in [3.8, 4) is 0 Å². The van der Waals surface area contributed by atoms with E-state index < -0.39 is 0 Å². The van der Waals surface area contributed by atoms with Crippen LogP contribution in [0.3, 0.4) is 0 Å². The van der Waals surface area contributed by atoms with Crippen molar-refractivity contribution in [2.45, 2.75) is 44.6 Å². The van der Waals surface area contributed by atoms with Gasteiger partial charge in [0.05, 0.1) is 0 Å². The molecule has 5 heteroatoms. The Morgan fingerprint density at radius 3 is 2.62 bits per heavy atom. The van der Waals surface area contributed by atoms with Crippen molar-refractivity contribution in [1.82, 2.24) is 15.5 Å². The third kappa shape index (κ3) is 2.74. The Kier molecular flexibility index (Phi) is 3.44. The zero-order valence-corrected chi connectivity index (χ0v) is 9.33. The van der Waals surface area contributed by atoms with Crippen LogP contribution in [0.4, 0.5) is 5.82 Å². The zero-order valence-electron chi connectivity index (χ0n) is 9.33. The molecule has 0 unspecified atom stereocenters. The van der Waals surface area contributed by atoms with E-state index in [4.69, 9.17) is 5.73 Å². The molecule has 0 spiro atoms. The lowest BCUT2D eigenvalue weighted by Gasteiger charge is -2.15. The van der Waals surface area contributed by atoms with Crippen LogP contribution in [-0.4, -0.2) is 22.1 Å². The van der Waals surface area contributed by atoms with Crippen LogP contribution in [0, 0.1) is 0 Å². The van der Waals surface area contributed by atoms with Gasteiger partial charge in [0.1, 0.15) is 11.5 Å². The number of amides is 1. The van der Waals surface area contributed by atoms with Gasteiger partial charge >= 0.3 is 0 Å². The number of nitrogens with two attached hydrogens (primary N) is 1. The number of anilines is 1. The first kappa shape index (κ1) is 11.0. The van der Waals surface area contributed by atoms with Gasteiger partial charge in [-0.2, -0.15) is 5.10 Å². The molecule has 1 aliphatic carbocycles. The Balaban J connectivity index is 1.90. The molecule has 0 bridgehead atoms. The lowest BCUT2D eigenvalue weighted by molar-refractivity contribution is 0.0928. The molecule has 1 heterocycles. The zero-order chi connectivity index (χ0) is 11.4. The number of carbonyl (C=O) groups is 1. The van der Waals surface area contributed by atoms with E-state index in [1.807, 2.05) is 0 Å². The van der Waals surface area contributed by atoms with Gasteiger partial charge in [-0.15, -0.1) is 0 Å².